The number of unbranched alkanes of at least 4 members (excludes halogenated alkanes) is 46. The Labute approximate surface area is 399 Å². The van der Waals surface area contributed by atoms with Crippen LogP contribution in [0.4, 0.5) is 0 Å². The molecule has 0 fully saturated rings. The Bertz CT molecular complexity index is 1080. The van der Waals surface area contributed by atoms with E-state index in [0.29, 0.717) is 12.0 Å². The maximum atomic E-state index is 11.4. The Morgan fingerprint density at radius 1 is 0.317 bits per heavy atom. The fourth-order valence-corrected chi connectivity index (χ4v) is 10.0. The van der Waals surface area contributed by atoms with Crippen LogP contribution in [-0.4, -0.2) is 13.0 Å². The minimum absolute atomic E-state index is 0. The average Bonchev–Trinajstić information content (AvgIpc) is 3.23. The fourth-order valence-electron chi connectivity index (χ4n) is 9.30. The van der Waals surface area contributed by atoms with E-state index >= 15 is 0 Å². The molecule has 0 saturated heterocycles. The van der Waals surface area contributed by atoms with Gasteiger partial charge in [-0.05, 0) is 24.5 Å². The Morgan fingerprint density at radius 3 is 0.700 bits per heavy atom. The van der Waals surface area contributed by atoms with Crippen molar-refractivity contribution in [2.75, 3.05) is 0 Å². The third-order valence-corrected chi connectivity index (χ3v) is 14.2. The molecule has 1 rings (SSSR count). The summed E-state index contributed by atoms with van der Waals surface area (Å²) >= 11 is 0. The van der Waals surface area contributed by atoms with E-state index < -0.39 is 10.1 Å². The second-order valence-electron chi connectivity index (χ2n) is 19.1. The summed E-state index contributed by atoms with van der Waals surface area (Å²) in [4.78, 5) is -0.0395. The van der Waals surface area contributed by atoms with Gasteiger partial charge in [-0.15, -0.1) is 0 Å². The molecule has 0 radical (unpaired) electrons. The van der Waals surface area contributed by atoms with Gasteiger partial charge in [-0.25, -0.2) is 8.42 Å². The first-order chi connectivity index (χ1) is 29.1. The molecule has 0 unspecified atom stereocenters. The van der Waals surface area contributed by atoms with Crippen molar-refractivity contribution >= 4 is 10.1 Å². The molecule has 1 aromatic rings. The summed E-state index contributed by atoms with van der Waals surface area (Å²) < 4.78 is 34.2. The minimum Gasteiger partial charge on any atom is -0.744 e. The van der Waals surface area contributed by atoms with E-state index in [1.54, 1.807) is 12.1 Å². The second-order valence-corrected chi connectivity index (χ2v) is 20.4. The molecule has 348 valence electrons. The van der Waals surface area contributed by atoms with Gasteiger partial charge in [0, 0.05) is 0 Å². The molecule has 0 saturated carbocycles. The van der Waals surface area contributed by atoms with Gasteiger partial charge in [0.15, 0.2) is 0 Å². The van der Waals surface area contributed by atoms with Crippen molar-refractivity contribution in [3.63, 3.8) is 0 Å². The maximum absolute atomic E-state index is 11.4. The van der Waals surface area contributed by atoms with Gasteiger partial charge in [0.1, 0.15) is 10.1 Å². The molecule has 0 aliphatic carbocycles. The molecule has 60 heavy (non-hydrogen) atoms. The molecule has 0 aliphatic rings. The first-order valence-corrected chi connectivity index (χ1v) is 28.5. The average molecular weight is 867 g/mol. The summed E-state index contributed by atoms with van der Waals surface area (Å²) in [5, 5.41) is 0. The van der Waals surface area contributed by atoms with Crippen LogP contribution in [0.1, 0.15) is 314 Å². The molecule has 0 bridgehead atoms. The van der Waals surface area contributed by atoms with Crippen LogP contribution in [0.15, 0.2) is 29.2 Å². The van der Waals surface area contributed by atoms with Crippen LogP contribution >= 0.6 is 0 Å². The predicted octanol–water partition coefficient (Wildman–Crippen LogP) is 16.5. The topological polar surface area (TPSA) is 57.2 Å². The first kappa shape index (κ1) is 60.1. The predicted molar refractivity (Wildman–Crippen MR) is 261 cm³/mol. The summed E-state index contributed by atoms with van der Waals surface area (Å²) in [5.41, 5.74) is 0.676. The van der Waals surface area contributed by atoms with Crippen molar-refractivity contribution < 1.29 is 42.5 Å². The van der Waals surface area contributed by atoms with Crippen LogP contribution in [-0.2, 0) is 16.5 Å². The van der Waals surface area contributed by atoms with Gasteiger partial charge in [-0.3, -0.25) is 0 Å². The molecule has 0 aromatic heterocycles. The van der Waals surface area contributed by atoms with Gasteiger partial charge >= 0.3 is 29.6 Å². The van der Waals surface area contributed by atoms with Crippen molar-refractivity contribution in [3.05, 3.63) is 29.8 Å². The van der Waals surface area contributed by atoms with E-state index in [1.807, 2.05) is 6.07 Å². The molecule has 3 nitrogen and oxygen atoms in total. The Kier molecular flexibility index (Phi) is 48.7. The van der Waals surface area contributed by atoms with Gasteiger partial charge < -0.3 is 4.55 Å². The number of benzene rings is 1. The van der Waals surface area contributed by atoms with E-state index in [4.69, 9.17) is 0 Å². The van der Waals surface area contributed by atoms with E-state index in [9.17, 15) is 13.0 Å². The van der Waals surface area contributed by atoms with E-state index in [-0.39, 0.29) is 34.5 Å². The van der Waals surface area contributed by atoms with Gasteiger partial charge in [-0.2, -0.15) is 0 Å². The summed E-state index contributed by atoms with van der Waals surface area (Å²) in [6.07, 6.45) is 67.8. The standard InChI is InChI=1S/C55H104O3S.Na/c1-2-3-4-5-6-7-8-9-10-11-12-13-14-15-16-17-18-19-20-21-22-23-24-25-26-27-28-29-30-31-32-33-34-35-36-37-38-39-40-41-42-43-44-45-46-47-48-51-54-52-49-50-53-55(54)59(56,57)58;/h49-50,52-53H,2-48,51H2,1H3,(H,56,57,58);/q;+1/p-1. The van der Waals surface area contributed by atoms with Crippen molar-refractivity contribution in [1.29, 1.82) is 0 Å². The van der Waals surface area contributed by atoms with Crippen LogP contribution < -0.4 is 29.6 Å². The monoisotopic (exact) mass is 867 g/mol. The molecule has 0 aliphatic heterocycles. The zero-order valence-electron chi connectivity index (χ0n) is 40.9. The maximum Gasteiger partial charge on any atom is 1.00 e. The Morgan fingerprint density at radius 2 is 0.500 bits per heavy atom. The normalized spacial score (nSPS) is 11.7. The van der Waals surface area contributed by atoms with Crippen molar-refractivity contribution in [2.24, 2.45) is 0 Å². The smallest absolute Gasteiger partial charge is 0.744 e. The molecular weight excluding hydrogens is 764 g/mol. The van der Waals surface area contributed by atoms with Gasteiger partial charge in [-0.1, -0.05) is 320 Å². The summed E-state index contributed by atoms with van der Waals surface area (Å²) in [5.74, 6) is 0. The van der Waals surface area contributed by atoms with Crippen LogP contribution in [0.5, 0.6) is 0 Å². The summed E-state index contributed by atoms with van der Waals surface area (Å²) in [6.45, 7) is 2.31. The largest absolute Gasteiger partial charge is 1.00 e. The number of rotatable bonds is 49. The third kappa shape index (κ3) is 43.4. The molecule has 1 aromatic carbocycles. The van der Waals surface area contributed by atoms with Crippen LogP contribution in [0.25, 0.3) is 0 Å². The third-order valence-electron chi connectivity index (χ3n) is 13.3. The number of aryl methyl sites for hydroxylation is 1. The minimum atomic E-state index is -4.37. The zero-order chi connectivity index (χ0) is 42.4. The van der Waals surface area contributed by atoms with Crippen LogP contribution in [0, 0.1) is 0 Å². The first-order valence-electron chi connectivity index (χ1n) is 27.1. The van der Waals surface area contributed by atoms with E-state index in [2.05, 4.69) is 6.92 Å². The fraction of sp³-hybridized carbons (Fsp3) is 0.891. The Balaban J connectivity index is 0.0000348. The Hall–Kier alpha value is 0.130. The van der Waals surface area contributed by atoms with Crippen molar-refractivity contribution in [1.82, 2.24) is 0 Å². The van der Waals surface area contributed by atoms with Crippen LogP contribution in [0.3, 0.4) is 0 Å². The van der Waals surface area contributed by atoms with Gasteiger partial charge in [0.05, 0.1) is 4.90 Å². The molecule has 0 amide bonds. The molecule has 0 atom stereocenters. The summed E-state index contributed by atoms with van der Waals surface area (Å²) in [7, 11) is -4.37. The number of hydrogen-bond acceptors (Lipinski definition) is 3. The van der Waals surface area contributed by atoms with Gasteiger partial charge in [0.25, 0.3) is 0 Å². The zero-order valence-corrected chi connectivity index (χ0v) is 43.7. The SMILES string of the molecule is CCCCCCCCCCCCCCCCCCCCCCCCCCCCCCCCCCCCCCCCCCCCCCCCCc1ccccc1S(=O)(=O)[O-].[Na+]. The van der Waals surface area contributed by atoms with Gasteiger partial charge in [0.2, 0.25) is 0 Å². The second kappa shape index (κ2) is 48.6. The van der Waals surface area contributed by atoms with E-state index in [0.717, 1.165) is 12.8 Å². The number of hydrogen-bond donors (Lipinski definition) is 0. The van der Waals surface area contributed by atoms with Crippen LogP contribution in [0.2, 0.25) is 0 Å². The molecule has 5 heteroatoms. The van der Waals surface area contributed by atoms with E-state index in [1.165, 1.54) is 295 Å². The molecule has 0 N–H and O–H groups in total. The molecule has 0 heterocycles. The van der Waals surface area contributed by atoms with Crippen molar-refractivity contribution in [2.45, 2.75) is 320 Å². The molecular formula is C55H103NaO3S. The molecule has 0 spiro atoms. The van der Waals surface area contributed by atoms with Crippen molar-refractivity contribution in [3.8, 4) is 0 Å². The quantitative estimate of drug-likeness (QED) is 0.0372. The summed E-state index contributed by atoms with van der Waals surface area (Å²) in [6, 6.07) is 6.65.